The molecule has 0 N–H and O–H groups in total. The van der Waals surface area contributed by atoms with Crippen LogP contribution in [0.2, 0.25) is 0 Å². The third-order valence-corrected chi connectivity index (χ3v) is 5.94. The maximum Gasteiger partial charge on any atom is 0.285 e. The van der Waals surface area contributed by atoms with E-state index in [1.807, 2.05) is 0 Å². The number of sulfonamides is 1. The fraction of sp³-hybridized carbons (Fsp3) is 0.0625. The number of hydrogen-bond acceptors (Lipinski definition) is 5. The second-order valence-corrected chi connectivity index (χ2v) is 7.83. The molecule has 134 valence electrons. The van der Waals surface area contributed by atoms with Crippen molar-refractivity contribution in [3.63, 3.8) is 0 Å². The molecule has 7 nitrogen and oxygen atoms in total. The fourth-order valence-electron chi connectivity index (χ4n) is 2.31. The van der Waals surface area contributed by atoms with Gasteiger partial charge in [0.15, 0.2) is 0 Å². The number of halogens is 1. The van der Waals surface area contributed by atoms with Gasteiger partial charge in [-0.1, -0.05) is 17.4 Å². The lowest BCUT2D eigenvalue weighted by Crippen LogP contribution is -2.16. The Balaban J connectivity index is 2.23. The van der Waals surface area contributed by atoms with Crippen molar-refractivity contribution in [2.24, 2.45) is 4.40 Å². The summed E-state index contributed by atoms with van der Waals surface area (Å²) in [6.07, 6.45) is 1.57. The first-order valence-electron chi connectivity index (χ1n) is 7.27. The molecule has 0 saturated carbocycles. The molecular formula is C16H12FN3O4S2. The Kier molecular flexibility index (Phi) is 4.70. The van der Waals surface area contributed by atoms with Gasteiger partial charge in [-0.25, -0.2) is 4.39 Å². The number of nitrogens with zero attached hydrogens (tertiary/aromatic N) is 3. The van der Waals surface area contributed by atoms with Crippen molar-refractivity contribution in [3.8, 4) is 0 Å². The number of benzene rings is 2. The molecule has 0 aliphatic carbocycles. The average molecular weight is 393 g/mol. The van der Waals surface area contributed by atoms with Crippen LogP contribution < -0.4 is 4.80 Å². The number of aromatic nitrogens is 1. The summed E-state index contributed by atoms with van der Waals surface area (Å²) < 4.78 is 44.0. The van der Waals surface area contributed by atoms with Crippen LogP contribution in [-0.4, -0.2) is 17.9 Å². The van der Waals surface area contributed by atoms with Crippen LogP contribution >= 0.6 is 11.3 Å². The molecule has 2 aromatic carbocycles. The largest absolute Gasteiger partial charge is 0.312 e. The van der Waals surface area contributed by atoms with Gasteiger partial charge in [0.2, 0.25) is 4.80 Å². The van der Waals surface area contributed by atoms with E-state index in [0.717, 1.165) is 35.6 Å². The summed E-state index contributed by atoms with van der Waals surface area (Å²) in [5, 5.41) is 10.9. The molecule has 0 amide bonds. The lowest BCUT2D eigenvalue weighted by molar-refractivity contribution is -0.384. The van der Waals surface area contributed by atoms with Crippen LogP contribution in [0.4, 0.5) is 10.1 Å². The Morgan fingerprint density at radius 1 is 1.27 bits per heavy atom. The number of rotatable bonds is 5. The first-order chi connectivity index (χ1) is 12.3. The van der Waals surface area contributed by atoms with E-state index < -0.39 is 20.8 Å². The van der Waals surface area contributed by atoms with Crippen molar-refractivity contribution in [2.75, 3.05) is 0 Å². The van der Waals surface area contributed by atoms with Gasteiger partial charge in [0, 0.05) is 18.7 Å². The van der Waals surface area contributed by atoms with Gasteiger partial charge in [0.05, 0.1) is 20.0 Å². The van der Waals surface area contributed by atoms with Crippen LogP contribution in [0.15, 0.2) is 64.4 Å². The van der Waals surface area contributed by atoms with Crippen LogP contribution in [0.3, 0.4) is 0 Å². The fourth-order valence-corrected chi connectivity index (χ4v) is 4.59. The molecular weight excluding hydrogens is 381 g/mol. The Hall–Kier alpha value is -2.85. The molecule has 0 unspecified atom stereocenters. The summed E-state index contributed by atoms with van der Waals surface area (Å²) in [6, 6.07) is 8.57. The molecule has 0 aliphatic heterocycles. The maximum atomic E-state index is 13.0. The Labute approximate surface area is 151 Å². The van der Waals surface area contributed by atoms with E-state index in [-0.39, 0.29) is 21.9 Å². The van der Waals surface area contributed by atoms with E-state index >= 15 is 0 Å². The molecule has 0 aliphatic rings. The smallest absolute Gasteiger partial charge is 0.285 e. The minimum atomic E-state index is -4.07. The van der Waals surface area contributed by atoms with E-state index in [4.69, 9.17) is 0 Å². The molecule has 26 heavy (non-hydrogen) atoms. The number of thiazole rings is 1. The highest BCUT2D eigenvalue weighted by Crippen LogP contribution is 2.24. The molecule has 3 rings (SSSR count). The normalized spacial score (nSPS) is 12.4. The second kappa shape index (κ2) is 6.81. The van der Waals surface area contributed by atoms with E-state index in [9.17, 15) is 22.9 Å². The van der Waals surface area contributed by atoms with Crippen LogP contribution in [0.1, 0.15) is 0 Å². The summed E-state index contributed by atoms with van der Waals surface area (Å²) in [6.45, 7) is 3.91. The number of nitro benzene ring substituents is 1. The Morgan fingerprint density at radius 2 is 1.96 bits per heavy atom. The van der Waals surface area contributed by atoms with Crippen LogP contribution in [-0.2, 0) is 16.6 Å². The highest BCUT2D eigenvalue weighted by Gasteiger charge is 2.16. The zero-order valence-corrected chi connectivity index (χ0v) is 14.8. The first kappa shape index (κ1) is 18.0. The van der Waals surface area contributed by atoms with Crippen LogP contribution in [0, 0.1) is 15.9 Å². The quantitative estimate of drug-likeness (QED) is 0.378. The van der Waals surface area contributed by atoms with Gasteiger partial charge in [-0.05, 0) is 30.3 Å². The topological polar surface area (TPSA) is 94.6 Å². The van der Waals surface area contributed by atoms with Crippen molar-refractivity contribution < 1.29 is 17.7 Å². The molecule has 0 saturated heterocycles. The van der Waals surface area contributed by atoms with Gasteiger partial charge in [-0.2, -0.15) is 8.42 Å². The number of non-ortho nitro benzene ring substituents is 1. The molecule has 0 fully saturated rings. The summed E-state index contributed by atoms with van der Waals surface area (Å²) in [7, 11) is -4.07. The molecule has 1 heterocycles. The molecule has 0 radical (unpaired) electrons. The van der Waals surface area contributed by atoms with E-state index in [1.54, 1.807) is 10.6 Å². The third-order valence-electron chi connectivity index (χ3n) is 3.50. The molecule has 10 heteroatoms. The zero-order valence-electron chi connectivity index (χ0n) is 13.2. The highest BCUT2D eigenvalue weighted by atomic mass is 32.2. The average Bonchev–Trinajstić information content (AvgIpc) is 2.91. The summed E-state index contributed by atoms with van der Waals surface area (Å²) in [5.41, 5.74) is 0.506. The molecule has 1 aromatic heterocycles. The van der Waals surface area contributed by atoms with Crippen molar-refractivity contribution in [3.05, 3.63) is 75.9 Å². The summed E-state index contributed by atoms with van der Waals surface area (Å²) >= 11 is 1.01. The Bertz CT molecular complexity index is 1180. The molecule has 0 spiro atoms. The highest BCUT2D eigenvalue weighted by molar-refractivity contribution is 7.90. The predicted molar refractivity (Wildman–Crippen MR) is 95.8 cm³/mol. The standard InChI is InChI=1S/C16H12FN3O4S2/c1-2-9-19-14-8-5-12(20(21)22)10-15(14)25-16(19)18-26(23,24)13-6-3-11(17)4-7-13/h2-8,10H,1,9H2/b18-16-. The van der Waals surface area contributed by atoms with Crippen molar-refractivity contribution >= 4 is 37.3 Å². The van der Waals surface area contributed by atoms with Gasteiger partial charge in [-0.15, -0.1) is 11.0 Å². The van der Waals surface area contributed by atoms with Crippen molar-refractivity contribution in [2.45, 2.75) is 11.4 Å². The number of nitro groups is 1. The number of allylic oxidation sites excluding steroid dienone is 1. The predicted octanol–water partition coefficient (Wildman–Crippen LogP) is 3.23. The first-order valence-corrected chi connectivity index (χ1v) is 9.53. The lowest BCUT2D eigenvalue weighted by Gasteiger charge is -2.01. The summed E-state index contributed by atoms with van der Waals surface area (Å²) in [5.74, 6) is -0.556. The minimum absolute atomic E-state index is 0.0996. The molecule has 0 atom stereocenters. The SMILES string of the molecule is C=CCn1/c(=N/S(=O)(=O)c2ccc(F)cc2)sc2cc([N+](=O)[O-])ccc21. The maximum absolute atomic E-state index is 13.0. The van der Waals surface area contributed by atoms with Gasteiger partial charge >= 0.3 is 0 Å². The van der Waals surface area contributed by atoms with E-state index in [1.165, 1.54) is 18.2 Å². The molecule has 0 bridgehead atoms. The summed E-state index contributed by atoms with van der Waals surface area (Å²) in [4.78, 5) is 10.4. The van der Waals surface area contributed by atoms with Crippen molar-refractivity contribution in [1.29, 1.82) is 0 Å². The van der Waals surface area contributed by atoms with Gasteiger partial charge < -0.3 is 4.57 Å². The second-order valence-electron chi connectivity index (χ2n) is 5.21. The monoisotopic (exact) mass is 393 g/mol. The minimum Gasteiger partial charge on any atom is -0.312 e. The van der Waals surface area contributed by atoms with Gasteiger partial charge in [0.1, 0.15) is 5.82 Å². The van der Waals surface area contributed by atoms with E-state index in [2.05, 4.69) is 11.0 Å². The number of fused-ring (bicyclic) bond motifs is 1. The van der Waals surface area contributed by atoms with Gasteiger partial charge in [-0.3, -0.25) is 10.1 Å². The van der Waals surface area contributed by atoms with E-state index in [0.29, 0.717) is 10.2 Å². The van der Waals surface area contributed by atoms with Gasteiger partial charge in [0.25, 0.3) is 15.7 Å². The zero-order chi connectivity index (χ0) is 18.9. The number of hydrogen-bond donors (Lipinski definition) is 0. The Morgan fingerprint density at radius 3 is 2.58 bits per heavy atom. The van der Waals surface area contributed by atoms with Crippen LogP contribution in [0.5, 0.6) is 0 Å². The van der Waals surface area contributed by atoms with Crippen molar-refractivity contribution in [1.82, 2.24) is 4.57 Å². The molecule has 3 aromatic rings. The van der Waals surface area contributed by atoms with Crippen LogP contribution in [0.25, 0.3) is 10.2 Å². The third kappa shape index (κ3) is 3.41. The lowest BCUT2D eigenvalue weighted by atomic mass is 10.3.